The number of hydrogen-bond donors (Lipinski definition) is 1. The zero-order chi connectivity index (χ0) is 12.2. The molecule has 1 N–H and O–H groups in total. The fourth-order valence-corrected chi connectivity index (χ4v) is 2.03. The first-order chi connectivity index (χ1) is 8.92. The Balaban J connectivity index is 1.54. The average molecular weight is 248 g/mol. The molecule has 0 saturated carbocycles. The Hall–Kier alpha value is -1.53. The number of aromatic nitrogens is 2. The van der Waals surface area contributed by atoms with E-state index in [-0.39, 0.29) is 6.29 Å². The second kappa shape index (κ2) is 5.41. The van der Waals surface area contributed by atoms with E-state index in [1.54, 1.807) is 12.4 Å². The largest absolute Gasteiger partial charge is 0.353 e. The van der Waals surface area contributed by atoms with E-state index in [1.807, 2.05) is 0 Å². The minimum Gasteiger partial charge on any atom is -0.353 e. The van der Waals surface area contributed by atoms with Crippen molar-refractivity contribution in [1.29, 1.82) is 0 Å². The number of nitrogens with one attached hydrogen (secondary N) is 1. The molecule has 96 valence electrons. The van der Waals surface area contributed by atoms with Gasteiger partial charge in [0.15, 0.2) is 12.1 Å². The highest BCUT2D eigenvalue weighted by molar-refractivity contribution is 5.97. The van der Waals surface area contributed by atoms with Crippen molar-refractivity contribution in [3.05, 3.63) is 18.1 Å². The summed E-state index contributed by atoms with van der Waals surface area (Å²) in [5.74, 6) is 1.56. The van der Waals surface area contributed by atoms with Crippen LogP contribution in [0.1, 0.15) is 25.0 Å². The highest BCUT2D eigenvalue weighted by Crippen LogP contribution is 2.16. The van der Waals surface area contributed by atoms with Crippen molar-refractivity contribution in [2.75, 3.05) is 18.5 Å². The molecule has 2 aliphatic rings. The number of fused-ring (bicyclic) bond motifs is 1. The molecule has 1 saturated heterocycles. The maximum Gasteiger partial charge on any atom is 0.158 e. The van der Waals surface area contributed by atoms with Crippen molar-refractivity contribution < 1.29 is 9.47 Å². The van der Waals surface area contributed by atoms with E-state index in [0.29, 0.717) is 13.2 Å². The van der Waals surface area contributed by atoms with E-state index >= 15 is 0 Å². The number of amidine groups is 1. The van der Waals surface area contributed by atoms with Gasteiger partial charge in [0, 0.05) is 19.0 Å². The van der Waals surface area contributed by atoms with Gasteiger partial charge in [0.25, 0.3) is 0 Å². The lowest BCUT2D eigenvalue weighted by molar-refractivity contribution is -0.152. The minimum absolute atomic E-state index is 0.0912. The number of nitrogens with zero attached hydrogens (tertiary/aromatic N) is 3. The Kier molecular flexibility index (Phi) is 3.47. The molecule has 0 spiro atoms. The van der Waals surface area contributed by atoms with Crippen LogP contribution in [0.5, 0.6) is 0 Å². The van der Waals surface area contributed by atoms with Crippen LogP contribution in [-0.2, 0) is 16.0 Å². The summed E-state index contributed by atoms with van der Waals surface area (Å²) in [7, 11) is 0. The van der Waals surface area contributed by atoms with Gasteiger partial charge in [-0.05, 0) is 19.3 Å². The quantitative estimate of drug-likeness (QED) is 0.874. The minimum atomic E-state index is -0.0912. The Morgan fingerprint density at radius 1 is 1.33 bits per heavy atom. The first kappa shape index (κ1) is 11.6. The number of aliphatic imine (C=N–C) groups is 1. The van der Waals surface area contributed by atoms with Gasteiger partial charge in [0.2, 0.25) is 0 Å². The highest BCUT2D eigenvalue weighted by Gasteiger charge is 2.17. The van der Waals surface area contributed by atoms with Crippen LogP contribution in [0.2, 0.25) is 0 Å². The lowest BCUT2D eigenvalue weighted by Crippen LogP contribution is -2.29. The van der Waals surface area contributed by atoms with Crippen molar-refractivity contribution in [3.63, 3.8) is 0 Å². The second-order valence-corrected chi connectivity index (χ2v) is 4.35. The summed E-state index contributed by atoms with van der Waals surface area (Å²) in [6.07, 6.45) is 6.50. The van der Waals surface area contributed by atoms with E-state index in [9.17, 15) is 0 Å². The summed E-state index contributed by atoms with van der Waals surface area (Å²) in [5.41, 5.74) is 0.871. The Labute approximate surface area is 105 Å². The van der Waals surface area contributed by atoms with Crippen molar-refractivity contribution in [3.8, 4) is 0 Å². The smallest absolute Gasteiger partial charge is 0.158 e. The van der Waals surface area contributed by atoms with Crippen LogP contribution in [-0.4, -0.2) is 35.3 Å². The molecule has 2 aliphatic heterocycles. The van der Waals surface area contributed by atoms with Crippen LogP contribution in [0.25, 0.3) is 0 Å². The van der Waals surface area contributed by atoms with Gasteiger partial charge >= 0.3 is 0 Å². The lowest BCUT2D eigenvalue weighted by atomic mass is 10.2. The van der Waals surface area contributed by atoms with Gasteiger partial charge in [-0.3, -0.25) is 9.98 Å². The van der Waals surface area contributed by atoms with Crippen LogP contribution >= 0.6 is 0 Å². The number of hydrogen-bond acceptors (Lipinski definition) is 6. The van der Waals surface area contributed by atoms with Crippen LogP contribution < -0.4 is 5.32 Å². The van der Waals surface area contributed by atoms with Crippen molar-refractivity contribution >= 4 is 11.7 Å². The molecule has 1 atom stereocenters. The van der Waals surface area contributed by atoms with Crippen LogP contribution in [0.4, 0.5) is 5.82 Å². The van der Waals surface area contributed by atoms with Gasteiger partial charge in [-0.25, -0.2) is 4.98 Å². The Bertz CT molecular complexity index is 443. The molecule has 6 nitrogen and oxygen atoms in total. The summed E-state index contributed by atoms with van der Waals surface area (Å²) in [5, 5.41) is 3.13. The number of anilines is 1. The van der Waals surface area contributed by atoms with E-state index < -0.39 is 0 Å². The normalized spacial score (nSPS) is 22.9. The molecule has 3 heterocycles. The predicted molar refractivity (Wildman–Crippen MR) is 66.3 cm³/mol. The maximum atomic E-state index is 5.67. The molecular weight excluding hydrogens is 232 g/mol. The summed E-state index contributed by atoms with van der Waals surface area (Å²) >= 11 is 0. The molecule has 0 radical (unpaired) electrons. The molecule has 0 aliphatic carbocycles. The van der Waals surface area contributed by atoms with Crippen molar-refractivity contribution in [2.45, 2.75) is 32.1 Å². The zero-order valence-electron chi connectivity index (χ0n) is 10.1. The Morgan fingerprint density at radius 3 is 3.17 bits per heavy atom. The third-order valence-corrected chi connectivity index (χ3v) is 3.00. The topological polar surface area (TPSA) is 68.6 Å². The van der Waals surface area contributed by atoms with Gasteiger partial charge in [-0.2, -0.15) is 0 Å². The van der Waals surface area contributed by atoms with Crippen LogP contribution in [0.3, 0.4) is 0 Å². The third kappa shape index (κ3) is 2.65. The Morgan fingerprint density at radius 2 is 2.28 bits per heavy atom. The highest BCUT2D eigenvalue weighted by atomic mass is 16.7. The molecule has 0 amide bonds. The fraction of sp³-hybridized carbons (Fsp3) is 0.583. The summed E-state index contributed by atoms with van der Waals surface area (Å²) < 4.78 is 11.2. The third-order valence-electron chi connectivity index (χ3n) is 3.00. The molecule has 0 bridgehead atoms. The van der Waals surface area contributed by atoms with Gasteiger partial charge in [0.1, 0.15) is 18.1 Å². The molecule has 1 unspecified atom stereocenters. The molecule has 1 fully saturated rings. The van der Waals surface area contributed by atoms with Crippen LogP contribution in [0.15, 0.2) is 17.4 Å². The molecular formula is C12H16N4O2. The van der Waals surface area contributed by atoms with E-state index in [2.05, 4.69) is 20.3 Å². The van der Waals surface area contributed by atoms with E-state index in [0.717, 1.165) is 36.8 Å². The van der Waals surface area contributed by atoms with E-state index in [1.165, 1.54) is 6.42 Å². The first-order valence-corrected chi connectivity index (χ1v) is 6.25. The van der Waals surface area contributed by atoms with Gasteiger partial charge in [-0.15, -0.1) is 0 Å². The fourth-order valence-electron chi connectivity index (χ4n) is 2.03. The van der Waals surface area contributed by atoms with Gasteiger partial charge in [-0.1, -0.05) is 0 Å². The summed E-state index contributed by atoms with van der Waals surface area (Å²) in [6, 6.07) is 0. The molecule has 0 aromatic carbocycles. The molecule has 3 rings (SSSR count). The lowest BCUT2D eigenvalue weighted by Gasteiger charge is -2.24. The molecule has 6 heteroatoms. The zero-order valence-corrected chi connectivity index (χ0v) is 10.1. The van der Waals surface area contributed by atoms with Crippen LogP contribution in [0, 0.1) is 0 Å². The maximum absolute atomic E-state index is 5.67. The average Bonchev–Trinajstić information content (AvgIpc) is 2.46. The van der Waals surface area contributed by atoms with Gasteiger partial charge in [0.05, 0.1) is 6.54 Å². The first-order valence-electron chi connectivity index (χ1n) is 6.25. The molecule has 1 aromatic rings. The number of rotatable bonds is 3. The SMILES string of the molecule is c1cnc2c(n1)CN=C(COC1CCCCO1)N2. The molecule has 1 aromatic heterocycles. The standard InChI is InChI=1S/C12H16N4O2/c1-2-6-17-11(3-1)18-8-10-15-7-9-12(16-10)14-5-4-13-9/h4-5,11H,1-3,6-8H2,(H,14,15,16). The van der Waals surface area contributed by atoms with Gasteiger partial charge < -0.3 is 14.8 Å². The second-order valence-electron chi connectivity index (χ2n) is 4.35. The van der Waals surface area contributed by atoms with Crippen molar-refractivity contribution in [1.82, 2.24) is 9.97 Å². The van der Waals surface area contributed by atoms with E-state index in [4.69, 9.17) is 9.47 Å². The number of ether oxygens (including phenoxy) is 2. The predicted octanol–water partition coefficient (Wildman–Crippen LogP) is 1.34. The monoisotopic (exact) mass is 248 g/mol. The summed E-state index contributed by atoms with van der Waals surface area (Å²) in [6.45, 7) is 1.78. The van der Waals surface area contributed by atoms with Crippen molar-refractivity contribution in [2.24, 2.45) is 4.99 Å². The summed E-state index contributed by atoms with van der Waals surface area (Å²) in [4.78, 5) is 12.8. The molecule has 18 heavy (non-hydrogen) atoms.